The Balaban J connectivity index is 3.22. The molecule has 0 heterocycles. The predicted molar refractivity (Wildman–Crippen MR) is 44.4 cm³/mol. The minimum Gasteiger partial charge on any atom is -0.288 e. The third-order valence-corrected chi connectivity index (χ3v) is 2.08. The second-order valence-corrected chi connectivity index (χ2v) is 3.27. The standard InChI is InChI=1S/C8H3BrF4O/c9-4-2-5(10)3(1-6(4)11)7(14)8(12)13/h1-2,8H. The van der Waals surface area contributed by atoms with Crippen molar-refractivity contribution < 1.29 is 22.4 Å². The Morgan fingerprint density at radius 3 is 2.29 bits per heavy atom. The summed E-state index contributed by atoms with van der Waals surface area (Å²) >= 11 is 2.65. The molecular formula is C8H3BrF4O. The Kier molecular flexibility index (Phi) is 3.25. The maximum atomic E-state index is 12.9. The third kappa shape index (κ3) is 2.12. The van der Waals surface area contributed by atoms with Gasteiger partial charge in [-0.3, -0.25) is 4.79 Å². The molecule has 0 amide bonds. The Labute approximate surface area is 84.9 Å². The first-order chi connectivity index (χ1) is 6.43. The van der Waals surface area contributed by atoms with Crippen molar-refractivity contribution in [3.8, 4) is 0 Å². The molecule has 0 N–H and O–H groups in total. The summed E-state index contributed by atoms with van der Waals surface area (Å²) < 4.78 is 49.2. The van der Waals surface area contributed by atoms with Crippen molar-refractivity contribution in [1.29, 1.82) is 0 Å². The second-order valence-electron chi connectivity index (χ2n) is 2.41. The lowest BCUT2D eigenvalue weighted by molar-refractivity contribution is 0.0673. The van der Waals surface area contributed by atoms with Crippen molar-refractivity contribution in [2.75, 3.05) is 0 Å². The van der Waals surface area contributed by atoms with Gasteiger partial charge in [-0.2, -0.15) is 0 Å². The lowest BCUT2D eigenvalue weighted by Crippen LogP contribution is -2.12. The number of alkyl halides is 2. The van der Waals surface area contributed by atoms with Crippen LogP contribution in [0.15, 0.2) is 16.6 Å². The number of carbonyl (C=O) groups is 1. The van der Waals surface area contributed by atoms with E-state index in [2.05, 4.69) is 15.9 Å². The molecule has 0 aliphatic heterocycles. The first-order valence-electron chi connectivity index (χ1n) is 3.40. The van der Waals surface area contributed by atoms with Gasteiger partial charge in [0.2, 0.25) is 5.78 Å². The van der Waals surface area contributed by atoms with Crippen LogP contribution in [0.25, 0.3) is 0 Å². The van der Waals surface area contributed by atoms with Crippen molar-refractivity contribution in [1.82, 2.24) is 0 Å². The summed E-state index contributed by atoms with van der Waals surface area (Å²) in [6.45, 7) is 0. The van der Waals surface area contributed by atoms with Crippen LogP contribution in [0, 0.1) is 11.6 Å². The summed E-state index contributed by atoms with van der Waals surface area (Å²) in [5.74, 6) is -3.87. The molecule has 6 heteroatoms. The predicted octanol–water partition coefficient (Wildman–Crippen LogP) is 3.18. The molecule has 0 unspecified atom stereocenters. The monoisotopic (exact) mass is 270 g/mol. The highest BCUT2D eigenvalue weighted by atomic mass is 79.9. The molecule has 1 aromatic carbocycles. The SMILES string of the molecule is O=C(c1cc(F)c(Br)cc1F)C(F)F. The van der Waals surface area contributed by atoms with E-state index in [1.165, 1.54) is 0 Å². The summed E-state index contributed by atoms with van der Waals surface area (Å²) in [7, 11) is 0. The molecule has 76 valence electrons. The van der Waals surface area contributed by atoms with Gasteiger partial charge < -0.3 is 0 Å². The van der Waals surface area contributed by atoms with E-state index in [1.807, 2.05) is 0 Å². The fraction of sp³-hybridized carbons (Fsp3) is 0.125. The van der Waals surface area contributed by atoms with Gasteiger partial charge in [0, 0.05) is 0 Å². The molecule has 0 aromatic heterocycles. The van der Waals surface area contributed by atoms with Crippen molar-refractivity contribution in [3.05, 3.63) is 33.8 Å². The molecule has 1 aromatic rings. The van der Waals surface area contributed by atoms with Gasteiger partial charge in [-0.25, -0.2) is 17.6 Å². The number of ketones is 1. The van der Waals surface area contributed by atoms with E-state index in [4.69, 9.17) is 0 Å². The van der Waals surface area contributed by atoms with Gasteiger partial charge in [-0.15, -0.1) is 0 Å². The molecule has 0 aliphatic carbocycles. The van der Waals surface area contributed by atoms with Crippen LogP contribution in [0.2, 0.25) is 0 Å². The zero-order chi connectivity index (χ0) is 10.9. The number of halogens is 5. The molecular weight excluding hydrogens is 268 g/mol. The quantitative estimate of drug-likeness (QED) is 0.458. The summed E-state index contributed by atoms with van der Waals surface area (Å²) in [4.78, 5) is 10.7. The van der Waals surface area contributed by atoms with Gasteiger partial charge >= 0.3 is 6.43 Å². The van der Waals surface area contributed by atoms with Gasteiger partial charge in [-0.05, 0) is 28.1 Å². The fourth-order valence-corrected chi connectivity index (χ4v) is 1.14. The van der Waals surface area contributed by atoms with Crippen LogP contribution in [0.5, 0.6) is 0 Å². The Bertz CT molecular complexity index is 378. The van der Waals surface area contributed by atoms with E-state index in [0.29, 0.717) is 12.1 Å². The van der Waals surface area contributed by atoms with Gasteiger partial charge in [0.05, 0.1) is 10.0 Å². The highest BCUT2D eigenvalue weighted by Crippen LogP contribution is 2.21. The molecule has 0 atom stereocenters. The first kappa shape index (κ1) is 11.2. The molecule has 0 spiro atoms. The zero-order valence-corrected chi connectivity index (χ0v) is 8.12. The fourth-order valence-electron chi connectivity index (χ4n) is 0.829. The summed E-state index contributed by atoms with van der Waals surface area (Å²) in [5.41, 5.74) is -0.944. The van der Waals surface area contributed by atoms with Crippen LogP contribution in [0.3, 0.4) is 0 Å². The average Bonchev–Trinajstić information content (AvgIpc) is 2.10. The minimum atomic E-state index is -3.34. The molecule has 0 bridgehead atoms. The molecule has 0 fully saturated rings. The third-order valence-electron chi connectivity index (χ3n) is 1.47. The maximum Gasteiger partial charge on any atom is 0.300 e. The number of carbonyl (C=O) groups excluding carboxylic acids is 1. The Morgan fingerprint density at radius 2 is 1.79 bits per heavy atom. The van der Waals surface area contributed by atoms with E-state index in [0.717, 1.165) is 0 Å². The lowest BCUT2D eigenvalue weighted by atomic mass is 10.1. The Hall–Kier alpha value is -0.910. The van der Waals surface area contributed by atoms with E-state index in [9.17, 15) is 22.4 Å². The van der Waals surface area contributed by atoms with E-state index < -0.39 is 29.4 Å². The normalized spacial score (nSPS) is 10.7. The molecule has 0 radical (unpaired) electrons. The summed E-state index contributed by atoms with van der Waals surface area (Å²) in [6, 6.07) is 1.07. The van der Waals surface area contributed by atoms with Crippen molar-refractivity contribution in [2.24, 2.45) is 0 Å². The van der Waals surface area contributed by atoms with Crippen LogP contribution in [-0.2, 0) is 0 Å². The van der Waals surface area contributed by atoms with Crippen molar-refractivity contribution in [2.45, 2.75) is 6.43 Å². The van der Waals surface area contributed by atoms with Crippen molar-refractivity contribution >= 4 is 21.7 Å². The first-order valence-corrected chi connectivity index (χ1v) is 4.19. The molecule has 1 nitrogen and oxygen atoms in total. The number of benzene rings is 1. The summed E-state index contributed by atoms with van der Waals surface area (Å²) in [5, 5.41) is 0. The van der Waals surface area contributed by atoms with E-state index in [1.54, 1.807) is 0 Å². The highest BCUT2D eigenvalue weighted by Gasteiger charge is 2.22. The zero-order valence-electron chi connectivity index (χ0n) is 6.53. The smallest absolute Gasteiger partial charge is 0.288 e. The molecule has 0 aliphatic rings. The molecule has 1 rings (SSSR count). The number of hydrogen-bond donors (Lipinski definition) is 0. The van der Waals surface area contributed by atoms with Crippen LogP contribution in [-0.4, -0.2) is 12.2 Å². The topological polar surface area (TPSA) is 17.1 Å². The Morgan fingerprint density at radius 1 is 1.21 bits per heavy atom. The largest absolute Gasteiger partial charge is 0.300 e. The van der Waals surface area contributed by atoms with Crippen LogP contribution in [0.1, 0.15) is 10.4 Å². The number of Topliss-reactive ketones (excluding diaryl/α,β-unsaturated/α-hetero) is 1. The highest BCUT2D eigenvalue weighted by molar-refractivity contribution is 9.10. The molecule has 0 saturated carbocycles. The average molecular weight is 271 g/mol. The van der Waals surface area contributed by atoms with Gasteiger partial charge in [-0.1, -0.05) is 0 Å². The van der Waals surface area contributed by atoms with Crippen LogP contribution in [0.4, 0.5) is 17.6 Å². The number of hydrogen-bond acceptors (Lipinski definition) is 1. The van der Waals surface area contributed by atoms with E-state index >= 15 is 0 Å². The van der Waals surface area contributed by atoms with Gasteiger partial charge in [0.1, 0.15) is 11.6 Å². The number of rotatable bonds is 2. The van der Waals surface area contributed by atoms with Crippen molar-refractivity contribution in [3.63, 3.8) is 0 Å². The summed E-state index contributed by atoms with van der Waals surface area (Å²) in [6.07, 6.45) is -3.34. The van der Waals surface area contributed by atoms with Gasteiger partial charge in [0.15, 0.2) is 0 Å². The van der Waals surface area contributed by atoms with Crippen LogP contribution < -0.4 is 0 Å². The van der Waals surface area contributed by atoms with Crippen LogP contribution >= 0.6 is 15.9 Å². The molecule has 0 saturated heterocycles. The minimum absolute atomic E-state index is 0.221. The van der Waals surface area contributed by atoms with E-state index in [-0.39, 0.29) is 4.47 Å². The second kappa shape index (κ2) is 4.08. The lowest BCUT2D eigenvalue weighted by Gasteiger charge is -2.02. The van der Waals surface area contributed by atoms with Gasteiger partial charge in [0.25, 0.3) is 0 Å². The molecule has 14 heavy (non-hydrogen) atoms. The maximum absolute atomic E-state index is 12.9.